The van der Waals surface area contributed by atoms with Gasteiger partial charge in [-0.3, -0.25) is 4.57 Å². The molecule has 0 bridgehead atoms. The van der Waals surface area contributed by atoms with Crippen LogP contribution in [0.1, 0.15) is 18.1 Å². The topological polar surface area (TPSA) is 43.8 Å². The third kappa shape index (κ3) is 1.87. The Kier molecular flexibility index (Phi) is 2.75. The van der Waals surface area contributed by atoms with E-state index in [-0.39, 0.29) is 0 Å². The molecule has 3 aromatic rings. The van der Waals surface area contributed by atoms with E-state index in [0.717, 1.165) is 23.1 Å². The van der Waals surface area contributed by atoms with Gasteiger partial charge in [0, 0.05) is 5.69 Å². The predicted molar refractivity (Wildman–Crippen MR) is 79.6 cm³/mol. The van der Waals surface area contributed by atoms with Crippen LogP contribution in [-0.4, -0.2) is 9.55 Å². The van der Waals surface area contributed by atoms with Gasteiger partial charge in [-0.05, 0) is 42.7 Å². The van der Waals surface area contributed by atoms with E-state index in [9.17, 15) is 0 Å². The normalized spacial score (nSPS) is 11.1. The molecular formula is C16H17N3. The fraction of sp³-hybridized carbons (Fsp3) is 0.188. The maximum absolute atomic E-state index is 6.08. The Bertz CT molecular complexity index is 724. The van der Waals surface area contributed by atoms with Gasteiger partial charge in [-0.15, -0.1) is 0 Å². The molecule has 96 valence electrons. The number of nitrogens with two attached hydrogens (primary N) is 1. The van der Waals surface area contributed by atoms with Crippen molar-refractivity contribution in [3.63, 3.8) is 0 Å². The first kappa shape index (κ1) is 11.8. The van der Waals surface area contributed by atoms with Crippen molar-refractivity contribution >= 4 is 17.0 Å². The number of aromatic nitrogens is 2. The Labute approximate surface area is 112 Å². The van der Waals surface area contributed by atoms with Crippen LogP contribution < -0.4 is 5.73 Å². The predicted octanol–water partition coefficient (Wildman–Crippen LogP) is 3.48. The molecule has 2 aromatic carbocycles. The summed E-state index contributed by atoms with van der Waals surface area (Å²) in [5.74, 6) is 0.536. The van der Waals surface area contributed by atoms with Crippen LogP contribution in [0.2, 0.25) is 0 Å². The Hall–Kier alpha value is -2.29. The lowest BCUT2D eigenvalue weighted by atomic mass is 10.1. The number of anilines is 1. The molecule has 0 radical (unpaired) electrons. The lowest BCUT2D eigenvalue weighted by Crippen LogP contribution is -2.01. The molecule has 3 rings (SSSR count). The number of nitrogen functional groups attached to an aromatic ring is 1. The van der Waals surface area contributed by atoms with E-state index in [0.29, 0.717) is 5.95 Å². The highest BCUT2D eigenvalue weighted by atomic mass is 15.2. The number of fused-ring (bicyclic) bond motifs is 1. The molecule has 0 saturated carbocycles. The van der Waals surface area contributed by atoms with Gasteiger partial charge in [0.15, 0.2) is 0 Å². The molecule has 0 unspecified atom stereocenters. The molecule has 3 nitrogen and oxygen atoms in total. The van der Waals surface area contributed by atoms with Crippen molar-refractivity contribution in [2.24, 2.45) is 0 Å². The second-order valence-corrected chi connectivity index (χ2v) is 4.77. The molecule has 0 fully saturated rings. The minimum atomic E-state index is 0.536. The molecular weight excluding hydrogens is 234 g/mol. The quantitative estimate of drug-likeness (QED) is 0.757. The molecule has 0 aliphatic rings. The van der Waals surface area contributed by atoms with Crippen molar-refractivity contribution in [3.05, 3.63) is 53.6 Å². The molecule has 0 aliphatic carbocycles. The highest BCUT2D eigenvalue weighted by molar-refractivity contribution is 5.83. The molecule has 0 atom stereocenters. The minimum absolute atomic E-state index is 0.536. The summed E-state index contributed by atoms with van der Waals surface area (Å²) < 4.78 is 2.02. The number of imidazole rings is 1. The van der Waals surface area contributed by atoms with Gasteiger partial charge in [0.25, 0.3) is 0 Å². The summed E-state index contributed by atoms with van der Waals surface area (Å²) in [5.41, 5.74) is 11.7. The van der Waals surface area contributed by atoms with Crippen LogP contribution in [0.25, 0.3) is 16.7 Å². The van der Waals surface area contributed by atoms with Gasteiger partial charge < -0.3 is 5.73 Å². The van der Waals surface area contributed by atoms with E-state index in [1.807, 2.05) is 16.7 Å². The Balaban J connectivity index is 2.26. The maximum atomic E-state index is 6.08. The van der Waals surface area contributed by atoms with E-state index in [4.69, 9.17) is 5.73 Å². The zero-order valence-electron chi connectivity index (χ0n) is 11.2. The molecule has 2 N–H and O–H groups in total. The molecule has 0 spiro atoms. The van der Waals surface area contributed by atoms with E-state index in [2.05, 4.69) is 49.2 Å². The number of nitrogens with zero attached hydrogens (tertiary/aromatic N) is 2. The molecule has 0 saturated heterocycles. The molecule has 3 heteroatoms. The van der Waals surface area contributed by atoms with Crippen LogP contribution in [0.15, 0.2) is 42.5 Å². The smallest absolute Gasteiger partial charge is 0.205 e. The summed E-state index contributed by atoms with van der Waals surface area (Å²) in [6, 6.07) is 14.6. The van der Waals surface area contributed by atoms with E-state index < -0.39 is 0 Å². The second-order valence-electron chi connectivity index (χ2n) is 4.77. The fourth-order valence-electron chi connectivity index (χ4n) is 2.45. The van der Waals surface area contributed by atoms with Gasteiger partial charge in [0.05, 0.1) is 11.0 Å². The number of rotatable bonds is 2. The third-order valence-corrected chi connectivity index (χ3v) is 3.51. The van der Waals surface area contributed by atoms with Crippen LogP contribution >= 0.6 is 0 Å². The van der Waals surface area contributed by atoms with Crippen molar-refractivity contribution in [1.82, 2.24) is 9.55 Å². The molecule has 1 heterocycles. The van der Waals surface area contributed by atoms with Gasteiger partial charge in [0.2, 0.25) is 5.95 Å². The summed E-state index contributed by atoms with van der Waals surface area (Å²) in [4.78, 5) is 4.43. The molecule has 0 aliphatic heterocycles. The van der Waals surface area contributed by atoms with Gasteiger partial charge in [-0.1, -0.05) is 31.2 Å². The SMILES string of the molecule is CCc1ccc(-n2c(N)nc3cccc(C)c32)cc1. The average molecular weight is 251 g/mol. The van der Waals surface area contributed by atoms with Crippen LogP contribution in [0.4, 0.5) is 5.95 Å². The second kappa shape index (κ2) is 4.43. The molecule has 19 heavy (non-hydrogen) atoms. The van der Waals surface area contributed by atoms with Crippen LogP contribution in [-0.2, 0) is 6.42 Å². The van der Waals surface area contributed by atoms with Crippen molar-refractivity contribution in [2.75, 3.05) is 5.73 Å². The van der Waals surface area contributed by atoms with Crippen molar-refractivity contribution < 1.29 is 0 Å². The summed E-state index contributed by atoms with van der Waals surface area (Å²) in [5, 5.41) is 0. The van der Waals surface area contributed by atoms with E-state index in [1.54, 1.807) is 0 Å². The minimum Gasteiger partial charge on any atom is -0.369 e. The number of aryl methyl sites for hydroxylation is 2. The van der Waals surface area contributed by atoms with Crippen molar-refractivity contribution in [1.29, 1.82) is 0 Å². The highest BCUT2D eigenvalue weighted by Crippen LogP contribution is 2.25. The summed E-state index contributed by atoms with van der Waals surface area (Å²) in [6.07, 6.45) is 1.04. The van der Waals surface area contributed by atoms with Crippen LogP contribution in [0.3, 0.4) is 0 Å². The lowest BCUT2D eigenvalue weighted by Gasteiger charge is -2.08. The number of para-hydroxylation sites is 1. The van der Waals surface area contributed by atoms with Crippen molar-refractivity contribution in [2.45, 2.75) is 20.3 Å². The molecule has 1 aromatic heterocycles. The zero-order valence-corrected chi connectivity index (χ0v) is 11.2. The molecule has 0 amide bonds. The van der Waals surface area contributed by atoms with E-state index >= 15 is 0 Å². The third-order valence-electron chi connectivity index (χ3n) is 3.51. The van der Waals surface area contributed by atoms with Crippen molar-refractivity contribution in [3.8, 4) is 5.69 Å². The van der Waals surface area contributed by atoms with Crippen LogP contribution in [0, 0.1) is 6.92 Å². The number of benzene rings is 2. The van der Waals surface area contributed by atoms with E-state index in [1.165, 1.54) is 11.1 Å². The summed E-state index contributed by atoms with van der Waals surface area (Å²) in [7, 11) is 0. The monoisotopic (exact) mass is 251 g/mol. The first-order valence-electron chi connectivity index (χ1n) is 6.53. The first-order valence-corrected chi connectivity index (χ1v) is 6.53. The van der Waals surface area contributed by atoms with Gasteiger partial charge >= 0.3 is 0 Å². The number of hydrogen-bond donors (Lipinski definition) is 1. The highest BCUT2D eigenvalue weighted by Gasteiger charge is 2.11. The maximum Gasteiger partial charge on any atom is 0.205 e. The number of hydrogen-bond acceptors (Lipinski definition) is 2. The summed E-state index contributed by atoms with van der Waals surface area (Å²) in [6.45, 7) is 4.24. The first-order chi connectivity index (χ1) is 9.20. The van der Waals surface area contributed by atoms with Gasteiger partial charge in [-0.2, -0.15) is 0 Å². The fourth-order valence-corrected chi connectivity index (χ4v) is 2.45. The largest absolute Gasteiger partial charge is 0.369 e. The average Bonchev–Trinajstić information content (AvgIpc) is 2.76. The lowest BCUT2D eigenvalue weighted by molar-refractivity contribution is 1.08. The van der Waals surface area contributed by atoms with Crippen LogP contribution in [0.5, 0.6) is 0 Å². The standard InChI is InChI=1S/C16H17N3/c1-3-12-7-9-13(10-8-12)19-15-11(2)5-4-6-14(15)18-16(19)17/h4-10H,3H2,1-2H3,(H2,17,18). The van der Waals surface area contributed by atoms with Gasteiger partial charge in [-0.25, -0.2) is 4.98 Å². The summed E-state index contributed by atoms with van der Waals surface area (Å²) >= 11 is 0. The zero-order chi connectivity index (χ0) is 13.4. The Morgan fingerprint density at radius 1 is 1.11 bits per heavy atom. The Morgan fingerprint density at radius 2 is 1.84 bits per heavy atom. The van der Waals surface area contributed by atoms with Gasteiger partial charge in [0.1, 0.15) is 0 Å². The Morgan fingerprint density at radius 3 is 2.53 bits per heavy atom.